The molecule has 0 aliphatic heterocycles. The van der Waals surface area contributed by atoms with Gasteiger partial charge in [-0.2, -0.15) is 0 Å². The van der Waals surface area contributed by atoms with Crippen molar-refractivity contribution in [2.24, 2.45) is 0 Å². The van der Waals surface area contributed by atoms with Crippen LogP contribution >= 0.6 is 0 Å². The van der Waals surface area contributed by atoms with Crippen molar-refractivity contribution in [3.05, 3.63) is 17.5 Å². The second kappa shape index (κ2) is 5.55. The van der Waals surface area contributed by atoms with Crippen molar-refractivity contribution >= 4 is 11.9 Å². The lowest BCUT2D eigenvalue weighted by molar-refractivity contribution is -0.142. The molecule has 0 aromatic carbocycles. The van der Waals surface area contributed by atoms with Gasteiger partial charge in [0.2, 0.25) is 5.95 Å². The molecule has 0 radical (unpaired) electrons. The number of anilines is 1. The molecular weight excluding hydrogens is 242 g/mol. The van der Waals surface area contributed by atoms with Crippen molar-refractivity contribution < 1.29 is 9.90 Å². The van der Waals surface area contributed by atoms with E-state index in [0.717, 1.165) is 37.1 Å². The van der Waals surface area contributed by atoms with Crippen LogP contribution in [0.15, 0.2) is 6.07 Å². The zero-order valence-electron chi connectivity index (χ0n) is 11.6. The van der Waals surface area contributed by atoms with Crippen LogP contribution in [0.3, 0.4) is 0 Å². The van der Waals surface area contributed by atoms with Gasteiger partial charge in [-0.15, -0.1) is 0 Å². The highest BCUT2D eigenvalue weighted by Crippen LogP contribution is 2.30. The molecule has 1 aromatic rings. The van der Waals surface area contributed by atoms with Gasteiger partial charge < -0.3 is 10.4 Å². The average molecular weight is 263 g/mol. The summed E-state index contributed by atoms with van der Waals surface area (Å²) in [6.45, 7) is 3.78. The van der Waals surface area contributed by atoms with Gasteiger partial charge in [0.05, 0.1) is 0 Å². The van der Waals surface area contributed by atoms with Gasteiger partial charge in [0, 0.05) is 11.4 Å². The Bertz CT molecular complexity index is 446. The molecule has 0 unspecified atom stereocenters. The Morgan fingerprint density at radius 1 is 1.16 bits per heavy atom. The van der Waals surface area contributed by atoms with E-state index in [4.69, 9.17) is 0 Å². The SMILES string of the molecule is Cc1cc(C)nc(NC2(C(=O)O)CCCCCC2)n1. The van der Waals surface area contributed by atoms with Gasteiger partial charge in [0.25, 0.3) is 0 Å². The molecule has 1 heterocycles. The molecule has 0 spiro atoms. The van der Waals surface area contributed by atoms with Gasteiger partial charge in [-0.1, -0.05) is 25.7 Å². The van der Waals surface area contributed by atoms with Gasteiger partial charge in [0.1, 0.15) is 5.54 Å². The third-order valence-electron chi connectivity index (χ3n) is 3.70. The Labute approximate surface area is 113 Å². The van der Waals surface area contributed by atoms with Crippen molar-refractivity contribution in [3.8, 4) is 0 Å². The average Bonchev–Trinajstić information content (AvgIpc) is 2.54. The summed E-state index contributed by atoms with van der Waals surface area (Å²) in [6.07, 6.45) is 5.35. The zero-order valence-corrected chi connectivity index (χ0v) is 11.6. The molecule has 5 heteroatoms. The number of carboxylic acid groups (broad SMARTS) is 1. The second-order valence-corrected chi connectivity index (χ2v) is 5.40. The van der Waals surface area contributed by atoms with Crippen molar-refractivity contribution in [2.75, 3.05) is 5.32 Å². The lowest BCUT2D eigenvalue weighted by atomic mass is 9.90. The first-order valence-corrected chi connectivity index (χ1v) is 6.86. The number of carboxylic acids is 1. The summed E-state index contributed by atoms with van der Waals surface area (Å²) in [7, 11) is 0. The maximum absolute atomic E-state index is 11.7. The summed E-state index contributed by atoms with van der Waals surface area (Å²) < 4.78 is 0. The highest BCUT2D eigenvalue weighted by atomic mass is 16.4. The Morgan fingerprint density at radius 2 is 1.68 bits per heavy atom. The summed E-state index contributed by atoms with van der Waals surface area (Å²) in [5.74, 6) is -0.362. The van der Waals surface area contributed by atoms with Gasteiger partial charge in [-0.05, 0) is 32.8 Å². The molecule has 1 saturated carbocycles. The number of nitrogens with one attached hydrogen (secondary N) is 1. The molecule has 1 aliphatic carbocycles. The minimum atomic E-state index is -0.906. The first-order chi connectivity index (χ1) is 9.02. The maximum Gasteiger partial charge on any atom is 0.329 e. The van der Waals surface area contributed by atoms with Crippen LogP contribution in [0.5, 0.6) is 0 Å². The van der Waals surface area contributed by atoms with E-state index in [0.29, 0.717) is 18.8 Å². The van der Waals surface area contributed by atoms with Crippen LogP contribution in [-0.4, -0.2) is 26.6 Å². The molecule has 1 aliphatic rings. The van der Waals surface area contributed by atoms with Gasteiger partial charge in [0.15, 0.2) is 0 Å². The Hall–Kier alpha value is -1.65. The quantitative estimate of drug-likeness (QED) is 0.820. The normalized spacial score (nSPS) is 18.6. The summed E-state index contributed by atoms with van der Waals surface area (Å²) in [5.41, 5.74) is 0.796. The fraction of sp³-hybridized carbons (Fsp3) is 0.643. The first-order valence-electron chi connectivity index (χ1n) is 6.86. The molecule has 2 N–H and O–H groups in total. The van der Waals surface area contributed by atoms with Crippen LogP contribution in [0.2, 0.25) is 0 Å². The molecule has 0 atom stereocenters. The van der Waals surface area contributed by atoms with E-state index in [1.54, 1.807) is 0 Å². The lowest BCUT2D eigenvalue weighted by Gasteiger charge is -2.29. The number of hydrogen-bond donors (Lipinski definition) is 2. The molecule has 0 amide bonds. The summed E-state index contributed by atoms with van der Waals surface area (Å²) in [5, 5.41) is 12.7. The van der Waals surface area contributed by atoms with E-state index in [9.17, 15) is 9.90 Å². The number of rotatable bonds is 3. The molecule has 19 heavy (non-hydrogen) atoms. The molecule has 5 nitrogen and oxygen atoms in total. The van der Waals surface area contributed by atoms with Crippen LogP contribution in [0.4, 0.5) is 5.95 Å². The largest absolute Gasteiger partial charge is 0.480 e. The van der Waals surface area contributed by atoms with Crippen molar-refractivity contribution in [3.63, 3.8) is 0 Å². The van der Waals surface area contributed by atoms with Gasteiger partial charge in [-0.3, -0.25) is 0 Å². The van der Waals surface area contributed by atoms with Crippen molar-refractivity contribution in [1.29, 1.82) is 0 Å². The number of nitrogens with zero attached hydrogens (tertiary/aromatic N) is 2. The molecular formula is C14H21N3O2. The zero-order chi connectivity index (χ0) is 13.9. The molecule has 104 valence electrons. The summed E-state index contributed by atoms with van der Waals surface area (Å²) in [6, 6.07) is 1.88. The van der Waals surface area contributed by atoms with E-state index in [1.807, 2.05) is 19.9 Å². The van der Waals surface area contributed by atoms with Crippen LogP contribution in [0.1, 0.15) is 49.9 Å². The van der Waals surface area contributed by atoms with E-state index in [1.165, 1.54) is 0 Å². The molecule has 0 bridgehead atoms. The standard InChI is InChI=1S/C14H21N3O2/c1-10-9-11(2)16-13(15-10)17-14(12(18)19)7-5-3-4-6-8-14/h9H,3-8H2,1-2H3,(H,18,19)(H,15,16,17). The molecule has 1 aromatic heterocycles. The van der Waals surface area contributed by atoms with E-state index >= 15 is 0 Å². The number of hydrogen-bond acceptors (Lipinski definition) is 4. The van der Waals surface area contributed by atoms with Crippen LogP contribution in [-0.2, 0) is 4.79 Å². The van der Waals surface area contributed by atoms with E-state index in [2.05, 4.69) is 15.3 Å². The fourth-order valence-corrected chi connectivity index (χ4v) is 2.72. The smallest absolute Gasteiger partial charge is 0.329 e. The number of carbonyl (C=O) groups is 1. The summed E-state index contributed by atoms with van der Waals surface area (Å²) >= 11 is 0. The van der Waals surface area contributed by atoms with Crippen LogP contribution < -0.4 is 5.32 Å². The lowest BCUT2D eigenvalue weighted by Crippen LogP contribution is -2.46. The molecule has 0 saturated heterocycles. The molecule has 2 rings (SSSR count). The van der Waals surface area contributed by atoms with E-state index < -0.39 is 11.5 Å². The van der Waals surface area contributed by atoms with Crippen molar-refractivity contribution in [1.82, 2.24) is 9.97 Å². The fourth-order valence-electron chi connectivity index (χ4n) is 2.72. The summed E-state index contributed by atoms with van der Waals surface area (Å²) in [4.78, 5) is 20.3. The minimum absolute atomic E-state index is 0.432. The highest BCUT2D eigenvalue weighted by molar-refractivity contribution is 5.82. The van der Waals surface area contributed by atoms with E-state index in [-0.39, 0.29) is 0 Å². The predicted molar refractivity (Wildman–Crippen MR) is 73.2 cm³/mol. The second-order valence-electron chi connectivity index (χ2n) is 5.40. The topological polar surface area (TPSA) is 75.1 Å². The Morgan fingerprint density at radius 3 is 2.16 bits per heavy atom. The number of aryl methyl sites for hydroxylation is 2. The number of aliphatic carboxylic acids is 1. The van der Waals surface area contributed by atoms with Gasteiger partial charge in [-0.25, -0.2) is 14.8 Å². The van der Waals surface area contributed by atoms with Crippen LogP contribution in [0, 0.1) is 13.8 Å². The van der Waals surface area contributed by atoms with Crippen LogP contribution in [0.25, 0.3) is 0 Å². The first kappa shape index (κ1) is 13.8. The maximum atomic E-state index is 11.7. The predicted octanol–water partition coefficient (Wildman–Crippen LogP) is 2.68. The third kappa shape index (κ3) is 3.22. The third-order valence-corrected chi connectivity index (χ3v) is 3.70. The highest BCUT2D eigenvalue weighted by Gasteiger charge is 2.39. The van der Waals surface area contributed by atoms with Gasteiger partial charge >= 0.3 is 5.97 Å². The Kier molecular flexibility index (Phi) is 4.02. The number of aromatic nitrogens is 2. The Balaban J connectivity index is 2.27. The van der Waals surface area contributed by atoms with Crippen molar-refractivity contribution in [2.45, 2.75) is 57.9 Å². The monoisotopic (exact) mass is 263 g/mol. The minimum Gasteiger partial charge on any atom is -0.480 e. The molecule has 1 fully saturated rings.